The van der Waals surface area contributed by atoms with Crippen LogP contribution < -0.4 is 5.32 Å². The molecule has 1 aromatic heterocycles. The van der Waals surface area contributed by atoms with E-state index in [0.717, 1.165) is 16.6 Å². The van der Waals surface area contributed by atoms with Crippen molar-refractivity contribution in [1.29, 1.82) is 0 Å². The molecule has 0 fully saturated rings. The van der Waals surface area contributed by atoms with Crippen molar-refractivity contribution in [1.82, 2.24) is 4.98 Å². The first kappa shape index (κ1) is 19.8. The zero-order chi connectivity index (χ0) is 21.1. The van der Waals surface area contributed by atoms with Crippen LogP contribution in [0.5, 0.6) is 0 Å². The molecule has 30 heavy (non-hydrogen) atoms. The number of oxazole rings is 1. The SMILES string of the molecule is Cc1ccc(S(=O)(=O)CCC(=O)Nc2cccc(-c3nc4ccccc4o3)c2)cc1. The number of rotatable bonds is 6. The predicted molar refractivity (Wildman–Crippen MR) is 116 cm³/mol. The summed E-state index contributed by atoms with van der Waals surface area (Å²) in [5.74, 6) is -0.179. The molecule has 4 aromatic rings. The lowest BCUT2D eigenvalue weighted by molar-refractivity contribution is -0.115. The van der Waals surface area contributed by atoms with Crippen LogP contribution in [0, 0.1) is 6.92 Å². The average Bonchev–Trinajstić information content (AvgIpc) is 3.17. The summed E-state index contributed by atoms with van der Waals surface area (Å²) >= 11 is 0. The molecule has 0 aliphatic carbocycles. The Kier molecular flexibility index (Phi) is 5.37. The van der Waals surface area contributed by atoms with Gasteiger partial charge in [-0.3, -0.25) is 4.79 Å². The van der Waals surface area contributed by atoms with Crippen molar-refractivity contribution in [2.24, 2.45) is 0 Å². The average molecular weight is 420 g/mol. The lowest BCUT2D eigenvalue weighted by Gasteiger charge is -2.07. The number of hydrogen-bond acceptors (Lipinski definition) is 5. The van der Waals surface area contributed by atoms with E-state index in [9.17, 15) is 13.2 Å². The van der Waals surface area contributed by atoms with E-state index < -0.39 is 9.84 Å². The van der Waals surface area contributed by atoms with Crippen LogP contribution in [0.15, 0.2) is 82.1 Å². The molecule has 0 spiro atoms. The first-order valence-corrected chi connectivity index (χ1v) is 11.1. The minimum absolute atomic E-state index is 0.136. The summed E-state index contributed by atoms with van der Waals surface area (Å²) < 4.78 is 30.6. The summed E-state index contributed by atoms with van der Waals surface area (Å²) in [4.78, 5) is 17.0. The van der Waals surface area contributed by atoms with Gasteiger partial charge in [0.05, 0.1) is 10.6 Å². The van der Waals surface area contributed by atoms with Crippen molar-refractivity contribution in [3.8, 4) is 11.5 Å². The molecule has 1 amide bonds. The number of benzene rings is 3. The zero-order valence-electron chi connectivity index (χ0n) is 16.3. The van der Waals surface area contributed by atoms with Gasteiger partial charge in [-0.05, 0) is 49.4 Å². The summed E-state index contributed by atoms with van der Waals surface area (Å²) in [6.07, 6.45) is -0.136. The first-order chi connectivity index (χ1) is 14.4. The van der Waals surface area contributed by atoms with Crippen LogP contribution in [0.25, 0.3) is 22.6 Å². The number of sulfone groups is 1. The maximum absolute atomic E-state index is 12.4. The van der Waals surface area contributed by atoms with Gasteiger partial charge in [0.1, 0.15) is 5.52 Å². The number of nitrogens with one attached hydrogen (secondary N) is 1. The summed E-state index contributed by atoms with van der Waals surface area (Å²) in [6.45, 7) is 1.89. The minimum Gasteiger partial charge on any atom is -0.436 e. The van der Waals surface area contributed by atoms with Crippen molar-refractivity contribution in [3.05, 3.63) is 78.4 Å². The van der Waals surface area contributed by atoms with Crippen LogP contribution in [0.2, 0.25) is 0 Å². The van der Waals surface area contributed by atoms with Gasteiger partial charge in [0.15, 0.2) is 15.4 Å². The number of para-hydroxylation sites is 2. The van der Waals surface area contributed by atoms with Crippen LogP contribution in [0.4, 0.5) is 5.69 Å². The lowest BCUT2D eigenvalue weighted by atomic mass is 10.2. The molecule has 7 heteroatoms. The van der Waals surface area contributed by atoms with Crippen molar-refractivity contribution in [3.63, 3.8) is 0 Å². The molecule has 1 heterocycles. The molecule has 0 radical (unpaired) electrons. The smallest absolute Gasteiger partial charge is 0.227 e. The fourth-order valence-electron chi connectivity index (χ4n) is 3.04. The molecule has 0 saturated heterocycles. The van der Waals surface area contributed by atoms with Crippen LogP contribution in [-0.4, -0.2) is 25.1 Å². The van der Waals surface area contributed by atoms with Gasteiger partial charge >= 0.3 is 0 Å². The maximum Gasteiger partial charge on any atom is 0.227 e. The van der Waals surface area contributed by atoms with Gasteiger partial charge in [0.25, 0.3) is 0 Å². The Morgan fingerprint density at radius 2 is 1.77 bits per heavy atom. The van der Waals surface area contributed by atoms with Crippen LogP contribution in [0.3, 0.4) is 0 Å². The number of carbonyl (C=O) groups excluding carboxylic acids is 1. The molecule has 0 atom stereocenters. The van der Waals surface area contributed by atoms with Gasteiger partial charge < -0.3 is 9.73 Å². The van der Waals surface area contributed by atoms with Gasteiger partial charge in [-0.15, -0.1) is 0 Å². The highest BCUT2D eigenvalue weighted by atomic mass is 32.2. The molecule has 0 saturated carbocycles. The number of aromatic nitrogens is 1. The van der Waals surface area contributed by atoms with E-state index in [1.165, 1.54) is 0 Å². The van der Waals surface area contributed by atoms with E-state index in [-0.39, 0.29) is 23.0 Å². The highest BCUT2D eigenvalue weighted by Crippen LogP contribution is 2.26. The Morgan fingerprint density at radius 1 is 1.00 bits per heavy atom. The third-order valence-electron chi connectivity index (χ3n) is 4.67. The van der Waals surface area contributed by atoms with Crippen molar-refractivity contribution < 1.29 is 17.6 Å². The van der Waals surface area contributed by atoms with Crippen LogP contribution in [0.1, 0.15) is 12.0 Å². The van der Waals surface area contributed by atoms with Crippen molar-refractivity contribution in [2.45, 2.75) is 18.2 Å². The second-order valence-electron chi connectivity index (χ2n) is 7.00. The highest BCUT2D eigenvalue weighted by Gasteiger charge is 2.17. The fraction of sp³-hybridized carbons (Fsp3) is 0.130. The molecule has 0 aliphatic heterocycles. The Hall–Kier alpha value is -3.45. The van der Waals surface area contributed by atoms with Gasteiger partial charge in [-0.25, -0.2) is 13.4 Å². The number of aryl methyl sites for hydroxylation is 1. The minimum atomic E-state index is -3.52. The molecule has 0 unspecified atom stereocenters. The second kappa shape index (κ2) is 8.12. The third kappa shape index (κ3) is 4.41. The van der Waals surface area contributed by atoms with E-state index >= 15 is 0 Å². The van der Waals surface area contributed by atoms with E-state index in [2.05, 4.69) is 10.3 Å². The van der Waals surface area contributed by atoms with Gasteiger partial charge in [-0.1, -0.05) is 35.9 Å². The molecule has 0 bridgehead atoms. The Labute approximate surface area is 174 Å². The van der Waals surface area contributed by atoms with Gasteiger partial charge in [-0.2, -0.15) is 0 Å². The van der Waals surface area contributed by atoms with E-state index in [1.54, 1.807) is 42.5 Å². The van der Waals surface area contributed by atoms with Crippen molar-refractivity contribution in [2.75, 3.05) is 11.1 Å². The predicted octanol–water partition coefficient (Wildman–Crippen LogP) is 4.61. The largest absolute Gasteiger partial charge is 0.436 e. The number of hydrogen-bond donors (Lipinski definition) is 1. The molecule has 0 aliphatic rings. The summed E-state index contributed by atoms with van der Waals surface area (Å²) in [5.41, 5.74) is 3.68. The van der Waals surface area contributed by atoms with Gasteiger partial charge in [0.2, 0.25) is 11.8 Å². The molecule has 152 valence electrons. The second-order valence-corrected chi connectivity index (χ2v) is 9.11. The molecule has 1 N–H and O–H groups in total. The maximum atomic E-state index is 12.4. The molecule has 3 aromatic carbocycles. The van der Waals surface area contributed by atoms with Crippen LogP contribution in [-0.2, 0) is 14.6 Å². The summed E-state index contributed by atoms with van der Waals surface area (Å²) in [7, 11) is -3.52. The number of nitrogens with zero attached hydrogens (tertiary/aromatic N) is 1. The third-order valence-corrected chi connectivity index (χ3v) is 6.40. The number of fused-ring (bicyclic) bond motifs is 1. The molecule has 4 rings (SSSR count). The Morgan fingerprint density at radius 3 is 2.53 bits per heavy atom. The van der Waals surface area contributed by atoms with E-state index in [0.29, 0.717) is 17.2 Å². The topological polar surface area (TPSA) is 89.3 Å². The summed E-state index contributed by atoms with van der Waals surface area (Å²) in [6, 6.07) is 21.2. The Bertz CT molecular complexity index is 1280. The first-order valence-electron chi connectivity index (χ1n) is 9.46. The quantitative estimate of drug-likeness (QED) is 0.492. The molecule has 6 nitrogen and oxygen atoms in total. The lowest BCUT2D eigenvalue weighted by Crippen LogP contribution is -2.17. The van der Waals surface area contributed by atoms with Gasteiger partial charge in [0, 0.05) is 17.7 Å². The summed E-state index contributed by atoms with van der Waals surface area (Å²) in [5, 5.41) is 2.75. The number of carbonyl (C=O) groups is 1. The van der Waals surface area contributed by atoms with Crippen LogP contribution >= 0.6 is 0 Å². The molecular weight excluding hydrogens is 400 g/mol. The normalized spacial score (nSPS) is 11.5. The monoisotopic (exact) mass is 420 g/mol. The standard InChI is InChI=1S/C23H20N2O4S/c1-16-9-11-19(12-10-16)30(27,28)14-13-22(26)24-18-6-4-5-17(15-18)23-25-20-7-2-3-8-21(20)29-23/h2-12,15H,13-14H2,1H3,(H,24,26). The number of amides is 1. The van der Waals surface area contributed by atoms with Crippen molar-refractivity contribution >= 4 is 32.5 Å². The molecular formula is C23H20N2O4S. The van der Waals surface area contributed by atoms with E-state index in [4.69, 9.17) is 4.42 Å². The zero-order valence-corrected chi connectivity index (χ0v) is 17.1. The number of anilines is 1. The Balaban J connectivity index is 1.43. The van der Waals surface area contributed by atoms with E-state index in [1.807, 2.05) is 37.3 Å². The fourth-order valence-corrected chi connectivity index (χ4v) is 4.28. The highest BCUT2D eigenvalue weighted by molar-refractivity contribution is 7.91.